The average Bonchev–Trinajstić information content (AvgIpc) is 2.93. The summed E-state index contributed by atoms with van der Waals surface area (Å²) >= 11 is 0. The number of sulfonamides is 2. The SMILES string of the molecule is CC(C)NS(=O)(=O)c1cc(C(=O)NCc2cccc(NS(C)(=O)=O)c2)n(C)c1. The molecule has 9 nitrogen and oxygen atoms in total. The van der Waals surface area contributed by atoms with Crippen molar-refractivity contribution >= 4 is 31.6 Å². The molecule has 154 valence electrons. The maximum absolute atomic E-state index is 12.5. The molecule has 28 heavy (non-hydrogen) atoms. The van der Waals surface area contributed by atoms with E-state index in [1.807, 2.05) is 0 Å². The van der Waals surface area contributed by atoms with Gasteiger partial charge in [-0.2, -0.15) is 0 Å². The van der Waals surface area contributed by atoms with Gasteiger partial charge in [0, 0.05) is 31.5 Å². The summed E-state index contributed by atoms with van der Waals surface area (Å²) in [5, 5.41) is 2.70. The Hall–Kier alpha value is -2.37. The Kier molecular flexibility index (Phi) is 6.52. The number of amides is 1. The van der Waals surface area contributed by atoms with Crippen molar-refractivity contribution in [3.05, 3.63) is 47.8 Å². The molecule has 1 aromatic carbocycles. The molecule has 1 heterocycles. The van der Waals surface area contributed by atoms with E-state index < -0.39 is 26.0 Å². The molecule has 0 bridgehead atoms. The van der Waals surface area contributed by atoms with Crippen molar-refractivity contribution in [2.45, 2.75) is 31.3 Å². The molecule has 2 rings (SSSR count). The summed E-state index contributed by atoms with van der Waals surface area (Å²) in [6, 6.07) is 7.65. The van der Waals surface area contributed by atoms with Crippen molar-refractivity contribution in [3.63, 3.8) is 0 Å². The van der Waals surface area contributed by atoms with Crippen LogP contribution in [0.3, 0.4) is 0 Å². The smallest absolute Gasteiger partial charge is 0.268 e. The molecule has 2 aromatic rings. The highest BCUT2D eigenvalue weighted by Gasteiger charge is 2.21. The first-order chi connectivity index (χ1) is 12.9. The summed E-state index contributed by atoms with van der Waals surface area (Å²) in [6.07, 6.45) is 2.42. The number of nitrogens with one attached hydrogen (secondary N) is 3. The normalized spacial score (nSPS) is 12.2. The number of anilines is 1. The Morgan fingerprint density at radius 2 is 1.82 bits per heavy atom. The Labute approximate surface area is 165 Å². The number of carbonyl (C=O) groups is 1. The van der Waals surface area contributed by atoms with E-state index in [0.29, 0.717) is 11.3 Å². The summed E-state index contributed by atoms with van der Waals surface area (Å²) in [5.74, 6) is -0.449. The maximum Gasteiger partial charge on any atom is 0.268 e. The van der Waals surface area contributed by atoms with Crippen molar-refractivity contribution in [3.8, 4) is 0 Å². The minimum Gasteiger partial charge on any atom is -0.347 e. The number of aryl methyl sites for hydroxylation is 1. The first-order valence-electron chi connectivity index (χ1n) is 8.41. The minimum atomic E-state index is -3.70. The maximum atomic E-state index is 12.5. The summed E-state index contributed by atoms with van der Waals surface area (Å²) in [7, 11) is -5.51. The zero-order chi connectivity index (χ0) is 21.1. The average molecular weight is 429 g/mol. The first kappa shape index (κ1) is 21.9. The standard InChI is InChI=1S/C17H24N4O5S2/c1-12(2)19-28(25,26)15-9-16(21(3)11-15)17(22)18-10-13-6-5-7-14(8-13)20-27(4,23)24/h5-9,11-12,19-20H,10H2,1-4H3,(H,18,22). The highest BCUT2D eigenvalue weighted by atomic mass is 32.2. The molecule has 11 heteroatoms. The number of carbonyl (C=O) groups excluding carboxylic acids is 1. The third-order valence-electron chi connectivity index (χ3n) is 3.60. The van der Waals surface area contributed by atoms with Gasteiger partial charge in [-0.05, 0) is 37.6 Å². The predicted octanol–water partition coefficient (Wildman–Crippen LogP) is 1.01. The number of hydrogen-bond donors (Lipinski definition) is 3. The predicted molar refractivity (Wildman–Crippen MR) is 107 cm³/mol. The van der Waals surface area contributed by atoms with Crippen LogP contribution in [0.15, 0.2) is 41.4 Å². The number of rotatable bonds is 8. The van der Waals surface area contributed by atoms with Crippen molar-refractivity contribution in [2.24, 2.45) is 7.05 Å². The van der Waals surface area contributed by atoms with Gasteiger partial charge in [-0.25, -0.2) is 21.6 Å². The largest absolute Gasteiger partial charge is 0.347 e. The van der Waals surface area contributed by atoms with Crippen LogP contribution in [-0.2, 0) is 33.6 Å². The Balaban J connectivity index is 2.11. The van der Waals surface area contributed by atoms with Gasteiger partial charge in [-0.3, -0.25) is 9.52 Å². The van der Waals surface area contributed by atoms with Gasteiger partial charge in [-0.1, -0.05) is 12.1 Å². The Morgan fingerprint density at radius 3 is 2.43 bits per heavy atom. The molecule has 0 aliphatic rings. The van der Waals surface area contributed by atoms with Gasteiger partial charge in [0.1, 0.15) is 10.6 Å². The summed E-state index contributed by atoms with van der Waals surface area (Å²) in [5.41, 5.74) is 1.27. The van der Waals surface area contributed by atoms with Crippen LogP contribution < -0.4 is 14.8 Å². The third kappa shape index (κ3) is 6.08. The molecule has 0 atom stereocenters. The highest BCUT2D eigenvalue weighted by molar-refractivity contribution is 7.92. The van der Waals surface area contributed by atoms with E-state index in [0.717, 1.165) is 6.26 Å². The van der Waals surface area contributed by atoms with E-state index >= 15 is 0 Å². The molecular weight excluding hydrogens is 404 g/mol. The topological polar surface area (TPSA) is 126 Å². The minimum absolute atomic E-state index is 0.00759. The van der Waals surface area contributed by atoms with Gasteiger partial charge in [-0.15, -0.1) is 0 Å². The Bertz CT molecular complexity index is 1070. The molecule has 1 aromatic heterocycles. The van der Waals surface area contributed by atoms with E-state index in [4.69, 9.17) is 0 Å². The van der Waals surface area contributed by atoms with E-state index in [9.17, 15) is 21.6 Å². The molecule has 0 spiro atoms. The van der Waals surface area contributed by atoms with Crippen LogP contribution in [-0.4, -0.2) is 39.6 Å². The van der Waals surface area contributed by atoms with Gasteiger partial charge in [0.05, 0.1) is 6.26 Å². The second-order valence-electron chi connectivity index (χ2n) is 6.71. The quantitative estimate of drug-likeness (QED) is 0.578. The van der Waals surface area contributed by atoms with Gasteiger partial charge < -0.3 is 9.88 Å². The van der Waals surface area contributed by atoms with E-state index in [1.54, 1.807) is 45.2 Å². The fourth-order valence-electron chi connectivity index (χ4n) is 2.52. The summed E-state index contributed by atoms with van der Waals surface area (Å²) in [6.45, 7) is 3.57. The third-order valence-corrected chi connectivity index (χ3v) is 5.83. The molecule has 0 aliphatic heterocycles. The monoisotopic (exact) mass is 428 g/mol. The second kappa shape index (κ2) is 8.33. The molecule has 0 unspecified atom stereocenters. The molecule has 0 fully saturated rings. The van der Waals surface area contributed by atoms with Gasteiger partial charge >= 0.3 is 0 Å². The molecule has 0 aliphatic carbocycles. The van der Waals surface area contributed by atoms with E-state index in [1.165, 1.54) is 16.8 Å². The second-order valence-corrected chi connectivity index (χ2v) is 10.2. The van der Waals surface area contributed by atoms with Crippen LogP contribution in [0, 0.1) is 0 Å². The van der Waals surface area contributed by atoms with E-state index in [-0.39, 0.29) is 23.2 Å². The number of hydrogen-bond acceptors (Lipinski definition) is 5. The number of aromatic nitrogens is 1. The van der Waals surface area contributed by atoms with Crippen LogP contribution >= 0.6 is 0 Å². The molecule has 3 N–H and O–H groups in total. The number of benzene rings is 1. The zero-order valence-electron chi connectivity index (χ0n) is 16.1. The van der Waals surface area contributed by atoms with Crippen LogP contribution in [0.5, 0.6) is 0 Å². The number of nitrogens with zero attached hydrogens (tertiary/aromatic N) is 1. The van der Waals surface area contributed by atoms with Gasteiger partial charge in [0.15, 0.2) is 0 Å². The zero-order valence-corrected chi connectivity index (χ0v) is 17.7. The first-order valence-corrected chi connectivity index (χ1v) is 11.8. The van der Waals surface area contributed by atoms with Gasteiger partial charge in [0.25, 0.3) is 5.91 Å². The molecule has 0 saturated heterocycles. The lowest BCUT2D eigenvalue weighted by Crippen LogP contribution is -2.30. The molecule has 1 amide bonds. The van der Waals surface area contributed by atoms with Crippen molar-refractivity contribution in [2.75, 3.05) is 11.0 Å². The van der Waals surface area contributed by atoms with Crippen molar-refractivity contribution in [1.82, 2.24) is 14.6 Å². The molecular formula is C17H24N4O5S2. The lowest BCUT2D eigenvalue weighted by atomic mass is 10.2. The lowest BCUT2D eigenvalue weighted by Gasteiger charge is -2.08. The fraction of sp³-hybridized carbons (Fsp3) is 0.353. The summed E-state index contributed by atoms with van der Waals surface area (Å²) < 4.78 is 53.4. The van der Waals surface area contributed by atoms with E-state index in [2.05, 4.69) is 14.8 Å². The molecule has 0 radical (unpaired) electrons. The van der Waals surface area contributed by atoms with Crippen LogP contribution in [0.1, 0.15) is 29.9 Å². The van der Waals surface area contributed by atoms with Gasteiger partial charge in [0.2, 0.25) is 20.0 Å². The van der Waals surface area contributed by atoms with Crippen LogP contribution in [0.25, 0.3) is 0 Å². The Morgan fingerprint density at radius 1 is 1.14 bits per heavy atom. The molecule has 0 saturated carbocycles. The van der Waals surface area contributed by atoms with Crippen LogP contribution in [0.4, 0.5) is 5.69 Å². The van der Waals surface area contributed by atoms with Crippen molar-refractivity contribution in [1.29, 1.82) is 0 Å². The summed E-state index contributed by atoms with van der Waals surface area (Å²) in [4.78, 5) is 12.5. The highest BCUT2D eigenvalue weighted by Crippen LogP contribution is 2.15. The van der Waals surface area contributed by atoms with Crippen LogP contribution in [0.2, 0.25) is 0 Å². The fourth-order valence-corrected chi connectivity index (χ4v) is 4.39. The van der Waals surface area contributed by atoms with Crippen molar-refractivity contribution < 1.29 is 21.6 Å². The lowest BCUT2D eigenvalue weighted by molar-refractivity contribution is 0.0942.